The molecule has 3 atom stereocenters. The minimum atomic E-state index is 0.649. The van der Waals surface area contributed by atoms with E-state index in [0.29, 0.717) is 6.04 Å². The zero-order chi connectivity index (χ0) is 13.2. The summed E-state index contributed by atoms with van der Waals surface area (Å²) >= 11 is 3.54. The monoisotopic (exact) mass is 322 g/mol. The fourth-order valence-corrected chi connectivity index (χ4v) is 4.19. The normalized spacial score (nSPS) is 30.7. The van der Waals surface area contributed by atoms with Gasteiger partial charge < -0.3 is 10.6 Å². The molecule has 0 spiro atoms. The van der Waals surface area contributed by atoms with Gasteiger partial charge in [0, 0.05) is 22.2 Å². The second-order valence-electron chi connectivity index (χ2n) is 6.01. The predicted molar refractivity (Wildman–Crippen MR) is 84.7 cm³/mol. The molecule has 0 bridgehead atoms. The summed E-state index contributed by atoms with van der Waals surface area (Å²) in [6.45, 7) is 3.40. The van der Waals surface area contributed by atoms with E-state index in [1.165, 1.54) is 49.9 Å². The molecule has 0 radical (unpaired) electrons. The summed E-state index contributed by atoms with van der Waals surface area (Å²) < 4.78 is 1.16. The molecule has 1 saturated heterocycles. The highest BCUT2D eigenvalue weighted by Gasteiger charge is 2.34. The average molecular weight is 323 g/mol. The molecular formula is C16H23BrN2. The van der Waals surface area contributed by atoms with Crippen molar-refractivity contribution >= 4 is 21.6 Å². The summed E-state index contributed by atoms with van der Waals surface area (Å²) in [5.41, 5.74) is 2.64. The quantitative estimate of drug-likeness (QED) is 0.875. The molecule has 1 aliphatic heterocycles. The molecule has 0 aromatic heterocycles. The Hall–Kier alpha value is -0.540. The van der Waals surface area contributed by atoms with Gasteiger partial charge in [0.05, 0.1) is 0 Å². The van der Waals surface area contributed by atoms with Crippen LogP contribution < -0.4 is 10.6 Å². The minimum absolute atomic E-state index is 0.649. The Balaban J connectivity index is 1.70. The summed E-state index contributed by atoms with van der Waals surface area (Å²) in [5, 5.41) is 7.49. The third kappa shape index (κ3) is 2.97. The molecule has 1 aromatic rings. The maximum atomic E-state index is 3.80. The van der Waals surface area contributed by atoms with Crippen LogP contribution in [0.5, 0.6) is 0 Å². The van der Waals surface area contributed by atoms with Crippen LogP contribution in [-0.4, -0.2) is 18.6 Å². The van der Waals surface area contributed by atoms with Crippen LogP contribution in [0.4, 0.5) is 5.69 Å². The van der Waals surface area contributed by atoms with E-state index >= 15 is 0 Å². The van der Waals surface area contributed by atoms with Crippen LogP contribution in [0.1, 0.15) is 37.7 Å². The van der Waals surface area contributed by atoms with Gasteiger partial charge in [-0.05, 0) is 68.8 Å². The van der Waals surface area contributed by atoms with Crippen molar-refractivity contribution in [2.45, 2.75) is 51.1 Å². The number of aryl methyl sites for hydroxylation is 1. The Labute approximate surface area is 124 Å². The lowest BCUT2D eigenvalue weighted by molar-refractivity contribution is 0.376. The van der Waals surface area contributed by atoms with Crippen molar-refractivity contribution in [1.29, 1.82) is 0 Å². The first kappa shape index (κ1) is 13.4. The lowest BCUT2D eigenvalue weighted by atomic mass is 9.93. The van der Waals surface area contributed by atoms with Crippen molar-refractivity contribution < 1.29 is 0 Å². The fraction of sp³-hybridized carbons (Fsp3) is 0.625. The number of anilines is 1. The van der Waals surface area contributed by atoms with E-state index in [0.717, 1.165) is 16.4 Å². The number of hydrogen-bond acceptors (Lipinski definition) is 2. The molecule has 104 valence electrons. The molecule has 2 N–H and O–H groups in total. The molecule has 2 nitrogen and oxygen atoms in total. The van der Waals surface area contributed by atoms with E-state index in [1.54, 1.807) is 0 Å². The maximum absolute atomic E-state index is 3.80. The smallest absolute Gasteiger partial charge is 0.0372 e. The van der Waals surface area contributed by atoms with Crippen molar-refractivity contribution in [2.75, 3.05) is 11.9 Å². The predicted octanol–water partition coefficient (Wildman–Crippen LogP) is 4.09. The van der Waals surface area contributed by atoms with Crippen LogP contribution in [0.3, 0.4) is 0 Å². The summed E-state index contributed by atoms with van der Waals surface area (Å²) in [6.07, 6.45) is 6.78. The van der Waals surface area contributed by atoms with Crippen molar-refractivity contribution in [3.8, 4) is 0 Å². The van der Waals surface area contributed by atoms with Gasteiger partial charge in [-0.3, -0.25) is 0 Å². The van der Waals surface area contributed by atoms with E-state index < -0.39 is 0 Å². The zero-order valence-electron chi connectivity index (χ0n) is 11.6. The van der Waals surface area contributed by atoms with Gasteiger partial charge in [0.25, 0.3) is 0 Å². The molecule has 3 rings (SSSR count). The summed E-state index contributed by atoms with van der Waals surface area (Å²) in [7, 11) is 0. The van der Waals surface area contributed by atoms with Crippen molar-refractivity contribution in [2.24, 2.45) is 5.92 Å². The topological polar surface area (TPSA) is 24.1 Å². The van der Waals surface area contributed by atoms with E-state index in [4.69, 9.17) is 0 Å². The van der Waals surface area contributed by atoms with Crippen molar-refractivity contribution in [3.05, 3.63) is 28.2 Å². The number of hydrogen-bond donors (Lipinski definition) is 2. The Bertz CT molecular complexity index is 440. The van der Waals surface area contributed by atoms with Crippen molar-refractivity contribution in [1.82, 2.24) is 5.32 Å². The molecule has 2 aliphatic rings. The molecule has 3 heteroatoms. The van der Waals surface area contributed by atoms with Gasteiger partial charge in [0.1, 0.15) is 0 Å². The molecule has 0 amide bonds. The van der Waals surface area contributed by atoms with E-state index in [1.807, 2.05) is 0 Å². The Kier molecular flexibility index (Phi) is 4.13. The zero-order valence-corrected chi connectivity index (χ0v) is 13.2. The Morgan fingerprint density at radius 1 is 1.21 bits per heavy atom. The van der Waals surface area contributed by atoms with E-state index in [9.17, 15) is 0 Å². The summed E-state index contributed by atoms with van der Waals surface area (Å²) in [4.78, 5) is 0. The third-order valence-electron chi connectivity index (χ3n) is 4.71. The molecular weight excluding hydrogens is 300 g/mol. The van der Waals surface area contributed by atoms with Gasteiger partial charge >= 0.3 is 0 Å². The average Bonchev–Trinajstić information content (AvgIpc) is 3.03. The van der Waals surface area contributed by atoms with Gasteiger partial charge in [0.2, 0.25) is 0 Å². The maximum Gasteiger partial charge on any atom is 0.0372 e. The third-order valence-corrected chi connectivity index (χ3v) is 5.21. The SMILES string of the molecule is Cc1cc(Br)ccc1NC1CCCC1C1CCCN1. The van der Waals surface area contributed by atoms with E-state index in [-0.39, 0.29) is 0 Å². The van der Waals surface area contributed by atoms with Gasteiger partial charge in [-0.1, -0.05) is 22.4 Å². The number of rotatable bonds is 3. The summed E-state index contributed by atoms with van der Waals surface area (Å²) in [5.74, 6) is 0.811. The molecule has 3 unspecified atom stereocenters. The second kappa shape index (κ2) is 5.84. The van der Waals surface area contributed by atoms with Gasteiger partial charge in [-0.2, -0.15) is 0 Å². The first-order valence-corrected chi connectivity index (χ1v) is 8.29. The Morgan fingerprint density at radius 3 is 2.84 bits per heavy atom. The molecule has 2 fully saturated rings. The van der Waals surface area contributed by atoms with Crippen LogP contribution in [0.2, 0.25) is 0 Å². The summed E-state index contributed by atoms with van der Waals surface area (Å²) in [6, 6.07) is 7.93. The van der Waals surface area contributed by atoms with Gasteiger partial charge in [-0.15, -0.1) is 0 Å². The van der Waals surface area contributed by atoms with Gasteiger partial charge in [0.15, 0.2) is 0 Å². The highest BCUT2D eigenvalue weighted by molar-refractivity contribution is 9.10. The molecule has 1 aromatic carbocycles. The lowest BCUT2D eigenvalue weighted by Gasteiger charge is -2.28. The standard InChI is InChI=1S/C16H23BrN2/c1-11-10-12(17)7-8-14(11)19-16-5-2-4-13(16)15-6-3-9-18-15/h7-8,10,13,15-16,18-19H,2-6,9H2,1H3. The van der Waals surface area contributed by atoms with E-state index in [2.05, 4.69) is 51.7 Å². The Morgan fingerprint density at radius 2 is 2.11 bits per heavy atom. The molecule has 19 heavy (non-hydrogen) atoms. The van der Waals surface area contributed by atoms with Crippen LogP contribution in [0.25, 0.3) is 0 Å². The van der Waals surface area contributed by atoms with Crippen LogP contribution >= 0.6 is 15.9 Å². The molecule has 1 saturated carbocycles. The number of nitrogens with one attached hydrogen (secondary N) is 2. The van der Waals surface area contributed by atoms with Crippen LogP contribution in [0, 0.1) is 12.8 Å². The van der Waals surface area contributed by atoms with Crippen molar-refractivity contribution in [3.63, 3.8) is 0 Å². The number of benzene rings is 1. The highest BCUT2D eigenvalue weighted by atomic mass is 79.9. The van der Waals surface area contributed by atoms with Gasteiger partial charge in [-0.25, -0.2) is 0 Å². The lowest BCUT2D eigenvalue weighted by Crippen LogP contribution is -2.38. The number of halogens is 1. The first-order chi connectivity index (χ1) is 9.24. The van der Waals surface area contributed by atoms with Crippen LogP contribution in [-0.2, 0) is 0 Å². The highest BCUT2D eigenvalue weighted by Crippen LogP contribution is 2.34. The van der Waals surface area contributed by atoms with Crippen LogP contribution in [0.15, 0.2) is 22.7 Å². The first-order valence-electron chi connectivity index (χ1n) is 7.50. The molecule has 1 aliphatic carbocycles. The molecule has 1 heterocycles. The minimum Gasteiger partial charge on any atom is -0.382 e. The fourth-order valence-electron chi connectivity index (χ4n) is 3.72. The second-order valence-corrected chi connectivity index (χ2v) is 6.92. The largest absolute Gasteiger partial charge is 0.382 e.